The fraction of sp³-hybridized carbons (Fsp3) is 0.435. The summed E-state index contributed by atoms with van der Waals surface area (Å²) in [7, 11) is 0. The van der Waals surface area contributed by atoms with E-state index >= 15 is 0 Å². The molecule has 2 aromatic heterocycles. The lowest BCUT2D eigenvalue weighted by atomic mass is 10.1. The van der Waals surface area contributed by atoms with Crippen LogP contribution in [0, 0.1) is 20.8 Å². The Labute approximate surface area is 176 Å². The molecule has 0 unspecified atom stereocenters. The molecule has 152 valence electrons. The highest BCUT2D eigenvalue weighted by Crippen LogP contribution is 2.35. The van der Waals surface area contributed by atoms with Crippen LogP contribution >= 0.6 is 11.3 Å². The predicted octanol–water partition coefficient (Wildman–Crippen LogP) is 4.53. The van der Waals surface area contributed by atoms with Crippen LogP contribution in [0.5, 0.6) is 0 Å². The molecule has 1 aliphatic heterocycles. The van der Waals surface area contributed by atoms with Gasteiger partial charge in [0.05, 0.1) is 5.39 Å². The molecule has 1 fully saturated rings. The third kappa shape index (κ3) is 3.86. The van der Waals surface area contributed by atoms with Gasteiger partial charge >= 0.3 is 0 Å². The van der Waals surface area contributed by atoms with Crippen molar-refractivity contribution in [1.29, 1.82) is 0 Å². The molecule has 0 spiro atoms. The zero-order valence-corrected chi connectivity index (χ0v) is 18.5. The molecule has 4 rings (SSSR count). The minimum Gasteiger partial charge on any atom is -0.352 e. The first-order valence-corrected chi connectivity index (χ1v) is 11.2. The van der Waals surface area contributed by atoms with Crippen LogP contribution in [0.4, 0.5) is 5.82 Å². The molecule has 1 aliphatic rings. The maximum Gasteiger partial charge on any atom is 0.253 e. The van der Waals surface area contributed by atoms with Gasteiger partial charge in [-0.25, -0.2) is 9.97 Å². The maximum absolute atomic E-state index is 12.8. The van der Waals surface area contributed by atoms with Crippen molar-refractivity contribution in [3.05, 3.63) is 51.7 Å². The van der Waals surface area contributed by atoms with Crippen LogP contribution in [0.15, 0.2) is 24.3 Å². The largest absolute Gasteiger partial charge is 0.352 e. The molecular weight excluding hydrogens is 380 g/mol. The molecule has 0 radical (unpaired) electrons. The predicted molar refractivity (Wildman–Crippen MR) is 120 cm³/mol. The van der Waals surface area contributed by atoms with Gasteiger partial charge in [-0.3, -0.25) is 4.79 Å². The second kappa shape index (κ2) is 8.11. The van der Waals surface area contributed by atoms with Crippen LogP contribution in [0.1, 0.15) is 45.5 Å². The third-order valence-corrected chi connectivity index (χ3v) is 6.80. The van der Waals surface area contributed by atoms with Gasteiger partial charge in [0.1, 0.15) is 16.5 Å². The molecule has 6 heteroatoms. The number of aromatic nitrogens is 2. The molecule has 3 heterocycles. The number of hydrogen-bond donors (Lipinski definition) is 0. The first-order chi connectivity index (χ1) is 14.0. The number of anilines is 1. The Morgan fingerprint density at radius 2 is 1.72 bits per heavy atom. The molecular formula is C23H28N4OS. The number of thiophene rings is 1. The number of amides is 1. The van der Waals surface area contributed by atoms with Gasteiger partial charge in [0.25, 0.3) is 5.91 Å². The lowest BCUT2D eigenvalue weighted by Crippen LogP contribution is -2.49. The summed E-state index contributed by atoms with van der Waals surface area (Å²) in [5.41, 5.74) is 3.22. The van der Waals surface area contributed by atoms with E-state index in [0.717, 1.165) is 48.0 Å². The van der Waals surface area contributed by atoms with E-state index in [1.54, 1.807) is 11.3 Å². The Balaban J connectivity index is 1.57. The summed E-state index contributed by atoms with van der Waals surface area (Å²) in [5.74, 6) is 2.09. The first kappa shape index (κ1) is 19.8. The summed E-state index contributed by atoms with van der Waals surface area (Å²) < 4.78 is 0. The molecule has 0 aliphatic carbocycles. The van der Waals surface area contributed by atoms with E-state index in [2.05, 4.69) is 25.7 Å². The Morgan fingerprint density at radius 3 is 2.38 bits per heavy atom. The second-order valence-electron chi connectivity index (χ2n) is 7.82. The SMILES string of the molecule is CCCc1nc(N2CCN(C(=O)c3ccc(C)cc3)CC2)c2c(C)c(C)sc2n1. The fourth-order valence-corrected chi connectivity index (χ4v) is 4.88. The van der Waals surface area contributed by atoms with Gasteiger partial charge in [-0.2, -0.15) is 0 Å². The van der Waals surface area contributed by atoms with Gasteiger partial charge in [-0.05, 0) is 44.9 Å². The molecule has 0 N–H and O–H groups in total. The first-order valence-electron chi connectivity index (χ1n) is 10.4. The minimum absolute atomic E-state index is 0.117. The molecule has 29 heavy (non-hydrogen) atoms. The van der Waals surface area contributed by atoms with Gasteiger partial charge in [-0.15, -0.1) is 11.3 Å². The number of aryl methyl sites for hydroxylation is 4. The van der Waals surface area contributed by atoms with Crippen LogP contribution < -0.4 is 4.90 Å². The quantitative estimate of drug-likeness (QED) is 0.636. The number of rotatable bonds is 4. The van der Waals surface area contributed by atoms with Crippen LogP contribution in [0.25, 0.3) is 10.2 Å². The molecule has 1 saturated heterocycles. The molecule has 0 atom stereocenters. The number of fused-ring (bicyclic) bond motifs is 1. The van der Waals surface area contributed by atoms with Crippen LogP contribution in [0.2, 0.25) is 0 Å². The van der Waals surface area contributed by atoms with Gasteiger partial charge in [-0.1, -0.05) is 24.6 Å². The summed E-state index contributed by atoms with van der Waals surface area (Å²) >= 11 is 1.76. The van der Waals surface area contributed by atoms with E-state index in [1.807, 2.05) is 36.1 Å². The zero-order chi connectivity index (χ0) is 20.5. The van der Waals surface area contributed by atoms with Crippen molar-refractivity contribution in [1.82, 2.24) is 14.9 Å². The Morgan fingerprint density at radius 1 is 1.03 bits per heavy atom. The van der Waals surface area contributed by atoms with Crippen LogP contribution in [0.3, 0.4) is 0 Å². The van der Waals surface area contributed by atoms with Gasteiger partial charge in [0.15, 0.2) is 0 Å². The van der Waals surface area contributed by atoms with Gasteiger partial charge in [0, 0.05) is 43.0 Å². The van der Waals surface area contributed by atoms with E-state index in [9.17, 15) is 4.79 Å². The zero-order valence-electron chi connectivity index (χ0n) is 17.7. The van der Waals surface area contributed by atoms with E-state index < -0.39 is 0 Å². The molecule has 1 aromatic carbocycles. The highest BCUT2D eigenvalue weighted by molar-refractivity contribution is 7.18. The van der Waals surface area contributed by atoms with Crippen molar-refractivity contribution in [3.63, 3.8) is 0 Å². The van der Waals surface area contributed by atoms with Crippen LogP contribution in [-0.4, -0.2) is 47.0 Å². The number of carbonyl (C=O) groups is 1. The van der Waals surface area contributed by atoms with Crippen molar-refractivity contribution >= 4 is 33.3 Å². The van der Waals surface area contributed by atoms with E-state index in [0.29, 0.717) is 13.1 Å². The summed E-state index contributed by atoms with van der Waals surface area (Å²) in [4.78, 5) is 29.3. The molecule has 1 amide bonds. The summed E-state index contributed by atoms with van der Waals surface area (Å²) in [6.07, 6.45) is 1.93. The molecule has 3 aromatic rings. The van der Waals surface area contributed by atoms with Gasteiger partial charge < -0.3 is 9.80 Å². The van der Waals surface area contributed by atoms with Crippen molar-refractivity contribution in [2.45, 2.75) is 40.5 Å². The van der Waals surface area contributed by atoms with Crippen molar-refractivity contribution < 1.29 is 4.79 Å². The molecule has 5 nitrogen and oxygen atoms in total. The van der Waals surface area contributed by atoms with E-state index in [4.69, 9.17) is 9.97 Å². The lowest BCUT2D eigenvalue weighted by Gasteiger charge is -2.36. The Bertz CT molecular complexity index is 1030. The number of nitrogens with zero attached hydrogens (tertiary/aromatic N) is 4. The van der Waals surface area contributed by atoms with Crippen molar-refractivity contribution in [2.75, 3.05) is 31.1 Å². The van der Waals surface area contributed by atoms with Gasteiger partial charge in [0.2, 0.25) is 0 Å². The molecule has 0 saturated carbocycles. The summed E-state index contributed by atoms with van der Waals surface area (Å²) in [6, 6.07) is 7.84. The average molecular weight is 409 g/mol. The average Bonchev–Trinajstić information content (AvgIpc) is 3.01. The minimum atomic E-state index is 0.117. The lowest BCUT2D eigenvalue weighted by molar-refractivity contribution is 0.0746. The van der Waals surface area contributed by atoms with Crippen LogP contribution in [-0.2, 0) is 6.42 Å². The number of hydrogen-bond acceptors (Lipinski definition) is 5. The van der Waals surface area contributed by atoms with E-state index in [-0.39, 0.29) is 5.91 Å². The topological polar surface area (TPSA) is 49.3 Å². The number of carbonyl (C=O) groups excluding carboxylic acids is 1. The fourth-order valence-electron chi connectivity index (χ4n) is 3.84. The monoisotopic (exact) mass is 408 g/mol. The third-order valence-electron chi connectivity index (χ3n) is 5.69. The highest BCUT2D eigenvalue weighted by atomic mass is 32.1. The maximum atomic E-state index is 12.8. The Hall–Kier alpha value is -2.47. The highest BCUT2D eigenvalue weighted by Gasteiger charge is 2.26. The number of benzene rings is 1. The summed E-state index contributed by atoms with van der Waals surface area (Å²) in [6.45, 7) is 11.5. The molecule has 0 bridgehead atoms. The number of piperazine rings is 1. The van der Waals surface area contributed by atoms with Crippen molar-refractivity contribution in [3.8, 4) is 0 Å². The van der Waals surface area contributed by atoms with Crippen molar-refractivity contribution in [2.24, 2.45) is 0 Å². The normalized spacial score (nSPS) is 14.6. The van der Waals surface area contributed by atoms with E-state index in [1.165, 1.54) is 21.4 Å². The summed E-state index contributed by atoms with van der Waals surface area (Å²) in [5, 5.41) is 1.19. The second-order valence-corrected chi connectivity index (χ2v) is 9.03. The Kier molecular flexibility index (Phi) is 5.54. The standard InChI is InChI=1S/C23H28N4OS/c1-5-6-19-24-21(20-16(3)17(4)29-22(20)25-19)26-11-13-27(14-12-26)23(28)18-9-7-15(2)8-10-18/h7-10H,5-6,11-14H2,1-4H3. The smallest absolute Gasteiger partial charge is 0.253 e.